The molecule has 0 radical (unpaired) electrons. The molecular weight excluding hydrogens is 609 g/mol. The van der Waals surface area contributed by atoms with Gasteiger partial charge < -0.3 is 9.64 Å². The van der Waals surface area contributed by atoms with Crippen molar-refractivity contribution in [2.45, 2.75) is 25.2 Å². The molecule has 6 heteroatoms. The number of thiazole rings is 1. The normalized spacial score (nSPS) is 19.7. The number of hydrogen-bond acceptors (Lipinski definition) is 5. The number of allylic oxidation sites excluding steroid dienone is 4. The number of fused-ring (bicyclic) bond motifs is 2. The smallest absolute Gasteiger partial charge is 0.262 e. The first-order valence-electron chi connectivity index (χ1n) is 15.2. The molecule has 0 N–H and O–H groups in total. The van der Waals surface area contributed by atoms with Crippen molar-refractivity contribution in [3.63, 3.8) is 0 Å². The maximum atomic E-state index is 6.45. The fourth-order valence-corrected chi connectivity index (χ4v) is 9.14. The van der Waals surface area contributed by atoms with Crippen LogP contribution in [0.1, 0.15) is 30.3 Å². The van der Waals surface area contributed by atoms with Gasteiger partial charge in [-0.25, -0.2) is 0 Å². The second-order valence-corrected chi connectivity index (χ2v) is 15.0. The predicted octanol–water partition coefficient (Wildman–Crippen LogP) is 10.6. The van der Waals surface area contributed by atoms with Crippen LogP contribution < -0.4 is 14.2 Å². The van der Waals surface area contributed by atoms with E-state index in [0.717, 1.165) is 30.2 Å². The lowest BCUT2D eigenvalue weighted by Crippen LogP contribution is -2.30. The summed E-state index contributed by atoms with van der Waals surface area (Å²) in [5, 5.41) is 7.74. The minimum absolute atomic E-state index is 0.0357. The predicted molar refractivity (Wildman–Crippen MR) is 192 cm³/mol. The number of thiophene rings is 2. The van der Waals surface area contributed by atoms with Gasteiger partial charge in [-0.2, -0.15) is 15.9 Å². The molecule has 0 spiro atoms. The quantitative estimate of drug-likeness (QED) is 0.174. The van der Waals surface area contributed by atoms with Gasteiger partial charge in [0.15, 0.2) is 5.75 Å². The Morgan fingerprint density at radius 1 is 0.867 bits per heavy atom. The number of rotatable bonds is 5. The molecule has 222 valence electrons. The monoisotopic (exact) mass is 641 g/mol. The number of aromatic nitrogens is 1. The molecule has 2 aliphatic rings. The molecule has 0 saturated heterocycles. The van der Waals surface area contributed by atoms with Crippen molar-refractivity contribution >= 4 is 56.0 Å². The van der Waals surface area contributed by atoms with Gasteiger partial charge in [0.25, 0.3) is 5.01 Å². The molecular formula is C39H33N2OS3+. The molecule has 3 aromatic heterocycles. The van der Waals surface area contributed by atoms with Gasteiger partial charge in [0.05, 0.1) is 5.69 Å². The van der Waals surface area contributed by atoms with Crippen LogP contribution in [0, 0.1) is 0 Å². The van der Waals surface area contributed by atoms with Gasteiger partial charge >= 0.3 is 0 Å². The standard InChI is InChI=1S/C39H33N2OS3/c1-39(31-8-5-4-6-9-31)23-26(19-37-40(2)32-22-29(11-13-34(32)42-37)35-10-7-16-44-35)18-27(24-39)20-38-41(3)33-21-28(12-14-36(33)45-38)30-15-17-43-25-30/h4-22,25H,23-24H2,1-3H3/q+1. The number of aryl methyl sites for hydroxylation is 1. The van der Waals surface area contributed by atoms with Crippen LogP contribution in [0.3, 0.4) is 0 Å². The molecule has 1 aliphatic carbocycles. The highest BCUT2D eigenvalue weighted by Crippen LogP contribution is 2.45. The molecule has 1 unspecified atom stereocenters. The minimum atomic E-state index is -0.0357. The Morgan fingerprint density at radius 3 is 2.53 bits per heavy atom. The van der Waals surface area contributed by atoms with Gasteiger partial charge in [0.1, 0.15) is 11.7 Å². The highest BCUT2D eigenvalue weighted by Gasteiger charge is 2.33. The summed E-state index contributed by atoms with van der Waals surface area (Å²) in [4.78, 5) is 3.45. The van der Waals surface area contributed by atoms with Crippen molar-refractivity contribution in [3.8, 4) is 27.3 Å². The lowest BCUT2D eigenvalue weighted by molar-refractivity contribution is -0.642. The van der Waals surface area contributed by atoms with Crippen LogP contribution in [0.15, 0.2) is 130 Å². The Labute approximate surface area is 276 Å². The molecule has 0 amide bonds. The molecule has 1 atom stereocenters. The summed E-state index contributed by atoms with van der Waals surface area (Å²) in [6.45, 7) is 2.40. The third-order valence-electron chi connectivity index (χ3n) is 9.04. The summed E-state index contributed by atoms with van der Waals surface area (Å²) in [5.41, 5.74) is 10.1. The Morgan fingerprint density at radius 2 is 1.73 bits per heavy atom. The molecule has 3 nitrogen and oxygen atoms in total. The van der Waals surface area contributed by atoms with Gasteiger partial charge in [-0.1, -0.05) is 66.8 Å². The average Bonchev–Trinajstić information content (AvgIpc) is 3.87. The van der Waals surface area contributed by atoms with Crippen LogP contribution in [0.4, 0.5) is 5.69 Å². The Bertz CT molecular complexity index is 2120. The van der Waals surface area contributed by atoms with Crippen molar-refractivity contribution in [1.82, 2.24) is 0 Å². The number of anilines is 1. The second kappa shape index (κ2) is 11.3. The third-order valence-corrected chi connectivity index (χ3v) is 11.8. The van der Waals surface area contributed by atoms with Gasteiger partial charge in [-0.05, 0) is 98.8 Å². The summed E-state index contributed by atoms with van der Waals surface area (Å²) in [5.74, 6) is 1.77. The SMILES string of the molecule is CN1C(=CC2=CC(=Cc3sc4ccc(-c5ccsc5)cc4[n+]3C)CC(C)(c3ccccc3)C2)Oc2ccc(-c3cccs3)cc21. The zero-order chi connectivity index (χ0) is 30.5. The maximum absolute atomic E-state index is 6.45. The van der Waals surface area contributed by atoms with E-state index >= 15 is 0 Å². The van der Waals surface area contributed by atoms with Gasteiger partial charge in [0, 0.05) is 35.6 Å². The first kappa shape index (κ1) is 28.3. The van der Waals surface area contributed by atoms with Crippen molar-refractivity contribution in [3.05, 3.63) is 141 Å². The molecule has 0 fully saturated rings. The van der Waals surface area contributed by atoms with E-state index in [2.05, 4.69) is 150 Å². The van der Waals surface area contributed by atoms with Crippen LogP contribution in [0.2, 0.25) is 0 Å². The van der Waals surface area contributed by atoms with Gasteiger partial charge in [-0.15, -0.1) is 11.3 Å². The summed E-state index contributed by atoms with van der Waals surface area (Å²) in [6, 6.07) is 30.8. The Balaban J connectivity index is 1.17. The average molecular weight is 642 g/mol. The van der Waals surface area contributed by atoms with Crippen LogP contribution in [0.25, 0.3) is 37.9 Å². The lowest BCUT2D eigenvalue weighted by Gasteiger charge is -2.35. The largest absolute Gasteiger partial charge is 0.439 e. The summed E-state index contributed by atoms with van der Waals surface area (Å²) in [7, 11) is 4.30. The van der Waals surface area contributed by atoms with Crippen LogP contribution in [-0.4, -0.2) is 7.05 Å². The summed E-state index contributed by atoms with van der Waals surface area (Å²) >= 11 is 5.36. The molecule has 0 bridgehead atoms. The molecule has 0 saturated carbocycles. The van der Waals surface area contributed by atoms with E-state index in [0.29, 0.717) is 0 Å². The second-order valence-electron chi connectivity index (χ2n) is 12.2. The first-order chi connectivity index (χ1) is 21.9. The summed E-state index contributed by atoms with van der Waals surface area (Å²) in [6.07, 6.45) is 8.94. The van der Waals surface area contributed by atoms with Crippen molar-refractivity contribution in [2.75, 3.05) is 11.9 Å². The molecule has 45 heavy (non-hydrogen) atoms. The van der Waals surface area contributed by atoms with E-state index in [1.54, 1.807) is 22.7 Å². The van der Waals surface area contributed by atoms with E-state index in [4.69, 9.17) is 4.74 Å². The van der Waals surface area contributed by atoms with Crippen molar-refractivity contribution in [2.24, 2.45) is 7.05 Å². The Hall–Kier alpha value is -4.23. The number of hydrogen-bond donors (Lipinski definition) is 0. The topological polar surface area (TPSA) is 16.4 Å². The van der Waals surface area contributed by atoms with Gasteiger partial charge in [0.2, 0.25) is 11.4 Å². The van der Waals surface area contributed by atoms with E-state index in [-0.39, 0.29) is 5.41 Å². The Kier molecular flexibility index (Phi) is 7.09. The van der Waals surface area contributed by atoms with E-state index in [1.807, 2.05) is 11.3 Å². The molecule has 3 aromatic carbocycles. The molecule has 8 rings (SSSR count). The van der Waals surface area contributed by atoms with Crippen LogP contribution in [-0.2, 0) is 12.5 Å². The van der Waals surface area contributed by atoms with Crippen molar-refractivity contribution in [1.29, 1.82) is 0 Å². The van der Waals surface area contributed by atoms with Crippen LogP contribution >= 0.6 is 34.0 Å². The molecule has 4 heterocycles. The first-order valence-corrected chi connectivity index (χ1v) is 17.8. The number of benzene rings is 3. The van der Waals surface area contributed by atoms with E-state index in [1.165, 1.54) is 53.5 Å². The van der Waals surface area contributed by atoms with Gasteiger partial charge in [-0.3, -0.25) is 0 Å². The minimum Gasteiger partial charge on any atom is -0.439 e. The fourth-order valence-electron chi connectivity index (χ4n) is 6.64. The number of ether oxygens (including phenoxy) is 1. The maximum Gasteiger partial charge on any atom is 0.262 e. The highest BCUT2D eigenvalue weighted by atomic mass is 32.1. The third kappa shape index (κ3) is 5.27. The van der Waals surface area contributed by atoms with E-state index < -0.39 is 0 Å². The van der Waals surface area contributed by atoms with Crippen LogP contribution in [0.5, 0.6) is 5.75 Å². The fraction of sp³-hybridized carbons (Fsp3) is 0.154. The number of nitrogens with zero attached hydrogens (tertiary/aromatic N) is 2. The lowest BCUT2D eigenvalue weighted by atomic mass is 9.69. The van der Waals surface area contributed by atoms with Crippen molar-refractivity contribution < 1.29 is 9.30 Å². The molecule has 6 aromatic rings. The highest BCUT2D eigenvalue weighted by molar-refractivity contribution is 7.18. The zero-order valence-corrected chi connectivity index (χ0v) is 27.9. The molecule has 1 aliphatic heterocycles. The summed E-state index contributed by atoms with van der Waals surface area (Å²) < 4.78 is 10.1. The zero-order valence-electron chi connectivity index (χ0n) is 25.5. The van der Waals surface area contributed by atoms with E-state index in [9.17, 15) is 0 Å².